The molecule has 1 fully saturated rings. The maximum Gasteiger partial charge on any atom is 0.272 e. The number of hydrogen-bond donors (Lipinski definition) is 1. The van der Waals surface area contributed by atoms with Crippen LogP contribution in [0.5, 0.6) is 0 Å². The number of carbonyl (C=O) groups excluding carboxylic acids is 2. The fourth-order valence-corrected chi connectivity index (χ4v) is 2.82. The maximum absolute atomic E-state index is 12.7. The van der Waals surface area contributed by atoms with Crippen molar-refractivity contribution in [1.29, 1.82) is 0 Å². The standard InChI is InChI=1S/C16H21N3O4/c1-10(2)17-15(20)14-5-4-8-18(14)16(21)12-6-7-13(19(22)23)11(3)9-12/h6-7,9-10,14H,4-5,8H2,1-3H3,(H,17,20)/t14-/m1/s1. The molecule has 0 unspecified atom stereocenters. The molecule has 0 radical (unpaired) electrons. The first-order valence-corrected chi connectivity index (χ1v) is 7.67. The van der Waals surface area contributed by atoms with Gasteiger partial charge < -0.3 is 10.2 Å². The van der Waals surface area contributed by atoms with E-state index in [9.17, 15) is 19.7 Å². The zero-order valence-electron chi connectivity index (χ0n) is 13.5. The summed E-state index contributed by atoms with van der Waals surface area (Å²) in [7, 11) is 0. The molecule has 124 valence electrons. The lowest BCUT2D eigenvalue weighted by Crippen LogP contribution is -2.47. The number of nitro benzene ring substituents is 1. The van der Waals surface area contributed by atoms with Crippen molar-refractivity contribution in [3.05, 3.63) is 39.4 Å². The Morgan fingerprint density at radius 2 is 2.09 bits per heavy atom. The van der Waals surface area contributed by atoms with Gasteiger partial charge in [0, 0.05) is 29.8 Å². The fourth-order valence-electron chi connectivity index (χ4n) is 2.82. The maximum atomic E-state index is 12.7. The second kappa shape index (κ2) is 6.76. The third kappa shape index (κ3) is 3.67. The number of nitro groups is 1. The van der Waals surface area contributed by atoms with Crippen molar-refractivity contribution in [2.75, 3.05) is 6.54 Å². The summed E-state index contributed by atoms with van der Waals surface area (Å²) in [5, 5.41) is 13.7. The van der Waals surface area contributed by atoms with Crippen LogP contribution in [0.2, 0.25) is 0 Å². The van der Waals surface area contributed by atoms with Gasteiger partial charge in [-0.15, -0.1) is 0 Å². The topological polar surface area (TPSA) is 92.6 Å². The first-order chi connectivity index (χ1) is 10.8. The quantitative estimate of drug-likeness (QED) is 0.679. The van der Waals surface area contributed by atoms with Crippen LogP contribution in [0.25, 0.3) is 0 Å². The Morgan fingerprint density at radius 3 is 2.65 bits per heavy atom. The number of rotatable bonds is 4. The van der Waals surface area contributed by atoms with Gasteiger partial charge in [0.25, 0.3) is 11.6 Å². The van der Waals surface area contributed by atoms with Crippen LogP contribution in [-0.2, 0) is 4.79 Å². The van der Waals surface area contributed by atoms with Crippen molar-refractivity contribution < 1.29 is 14.5 Å². The van der Waals surface area contributed by atoms with Crippen molar-refractivity contribution in [2.45, 2.75) is 45.7 Å². The van der Waals surface area contributed by atoms with Gasteiger partial charge in [0.1, 0.15) is 6.04 Å². The molecule has 1 aromatic carbocycles. The van der Waals surface area contributed by atoms with Crippen LogP contribution in [0.1, 0.15) is 42.6 Å². The molecule has 23 heavy (non-hydrogen) atoms. The van der Waals surface area contributed by atoms with Gasteiger partial charge in [-0.25, -0.2) is 0 Å². The highest BCUT2D eigenvalue weighted by Gasteiger charge is 2.34. The van der Waals surface area contributed by atoms with Crippen LogP contribution in [0.3, 0.4) is 0 Å². The Kier molecular flexibility index (Phi) is 4.98. The monoisotopic (exact) mass is 319 g/mol. The van der Waals surface area contributed by atoms with Gasteiger partial charge in [0.15, 0.2) is 0 Å². The van der Waals surface area contributed by atoms with E-state index in [1.165, 1.54) is 18.2 Å². The summed E-state index contributed by atoms with van der Waals surface area (Å²) in [5.41, 5.74) is 0.789. The Balaban J connectivity index is 2.20. The molecule has 1 aliphatic heterocycles. The van der Waals surface area contributed by atoms with Gasteiger partial charge in [-0.2, -0.15) is 0 Å². The van der Waals surface area contributed by atoms with Crippen molar-refractivity contribution >= 4 is 17.5 Å². The summed E-state index contributed by atoms with van der Waals surface area (Å²) in [4.78, 5) is 36.8. The molecule has 7 nitrogen and oxygen atoms in total. The van der Waals surface area contributed by atoms with Crippen LogP contribution >= 0.6 is 0 Å². The second-order valence-electron chi connectivity index (χ2n) is 6.08. The fraction of sp³-hybridized carbons (Fsp3) is 0.500. The molecule has 2 rings (SSSR count). The Labute approximate surface area is 134 Å². The average molecular weight is 319 g/mol. The molecular weight excluding hydrogens is 298 g/mol. The summed E-state index contributed by atoms with van der Waals surface area (Å²) < 4.78 is 0. The van der Waals surface area contributed by atoms with Crippen molar-refractivity contribution in [1.82, 2.24) is 10.2 Å². The van der Waals surface area contributed by atoms with Gasteiger partial charge in [0.05, 0.1) is 4.92 Å². The zero-order chi connectivity index (χ0) is 17.1. The highest BCUT2D eigenvalue weighted by molar-refractivity contribution is 5.98. The molecule has 1 aliphatic rings. The lowest BCUT2D eigenvalue weighted by atomic mass is 10.1. The first kappa shape index (κ1) is 16.9. The molecule has 1 saturated heterocycles. The number of hydrogen-bond acceptors (Lipinski definition) is 4. The van der Waals surface area contributed by atoms with Crippen molar-refractivity contribution in [3.8, 4) is 0 Å². The van der Waals surface area contributed by atoms with E-state index in [1.54, 1.807) is 11.8 Å². The van der Waals surface area contributed by atoms with E-state index < -0.39 is 11.0 Å². The predicted octanol–water partition coefficient (Wildman–Crippen LogP) is 2.03. The lowest BCUT2D eigenvalue weighted by Gasteiger charge is -2.25. The third-order valence-corrected chi connectivity index (χ3v) is 3.89. The van der Waals surface area contributed by atoms with E-state index in [0.717, 1.165) is 6.42 Å². The summed E-state index contributed by atoms with van der Waals surface area (Å²) in [6.07, 6.45) is 1.41. The van der Waals surface area contributed by atoms with E-state index in [4.69, 9.17) is 0 Å². The van der Waals surface area contributed by atoms with Crippen LogP contribution in [0.4, 0.5) is 5.69 Å². The number of likely N-dealkylation sites (tertiary alicyclic amines) is 1. The van der Waals surface area contributed by atoms with E-state index >= 15 is 0 Å². The lowest BCUT2D eigenvalue weighted by molar-refractivity contribution is -0.385. The van der Waals surface area contributed by atoms with E-state index in [0.29, 0.717) is 24.1 Å². The minimum absolute atomic E-state index is 0.0154. The third-order valence-electron chi connectivity index (χ3n) is 3.89. The molecule has 2 amide bonds. The Hall–Kier alpha value is -2.44. The molecule has 0 aromatic heterocycles. The number of benzene rings is 1. The minimum Gasteiger partial charge on any atom is -0.352 e. The molecule has 1 heterocycles. The SMILES string of the molecule is Cc1cc(C(=O)N2CCC[C@@H]2C(=O)NC(C)C)ccc1[N+](=O)[O-]. The Morgan fingerprint density at radius 1 is 1.39 bits per heavy atom. The first-order valence-electron chi connectivity index (χ1n) is 7.67. The summed E-state index contributed by atoms with van der Waals surface area (Å²) in [6, 6.07) is 3.84. The number of carbonyl (C=O) groups is 2. The van der Waals surface area contributed by atoms with Gasteiger partial charge in [-0.1, -0.05) is 0 Å². The molecule has 7 heteroatoms. The highest BCUT2D eigenvalue weighted by atomic mass is 16.6. The summed E-state index contributed by atoms with van der Waals surface area (Å²) in [6.45, 7) is 5.87. The van der Waals surface area contributed by atoms with E-state index in [1.807, 2.05) is 13.8 Å². The predicted molar refractivity (Wildman–Crippen MR) is 85.2 cm³/mol. The van der Waals surface area contributed by atoms with E-state index in [-0.39, 0.29) is 23.5 Å². The van der Waals surface area contributed by atoms with Gasteiger partial charge >= 0.3 is 0 Å². The molecule has 1 atom stereocenters. The Bertz CT molecular complexity index is 642. The number of aryl methyl sites for hydroxylation is 1. The molecular formula is C16H21N3O4. The van der Waals surface area contributed by atoms with Crippen LogP contribution in [0, 0.1) is 17.0 Å². The molecule has 0 saturated carbocycles. The average Bonchev–Trinajstić information content (AvgIpc) is 2.94. The van der Waals surface area contributed by atoms with Gasteiger partial charge in [-0.3, -0.25) is 19.7 Å². The van der Waals surface area contributed by atoms with Crippen LogP contribution in [-0.4, -0.2) is 40.3 Å². The largest absolute Gasteiger partial charge is 0.352 e. The van der Waals surface area contributed by atoms with Gasteiger partial charge in [0.2, 0.25) is 5.91 Å². The summed E-state index contributed by atoms with van der Waals surface area (Å²) >= 11 is 0. The van der Waals surface area contributed by atoms with Crippen molar-refractivity contribution in [3.63, 3.8) is 0 Å². The van der Waals surface area contributed by atoms with E-state index in [2.05, 4.69) is 5.32 Å². The molecule has 0 aliphatic carbocycles. The summed E-state index contributed by atoms with van der Waals surface area (Å²) in [5.74, 6) is -0.408. The van der Waals surface area contributed by atoms with Gasteiger partial charge in [-0.05, 0) is 45.7 Å². The number of nitrogens with one attached hydrogen (secondary N) is 1. The second-order valence-corrected chi connectivity index (χ2v) is 6.08. The molecule has 0 bridgehead atoms. The van der Waals surface area contributed by atoms with Crippen molar-refractivity contribution in [2.24, 2.45) is 0 Å². The van der Waals surface area contributed by atoms with Crippen LogP contribution < -0.4 is 5.32 Å². The normalized spacial score (nSPS) is 17.4. The number of amides is 2. The highest BCUT2D eigenvalue weighted by Crippen LogP contribution is 2.24. The molecule has 0 spiro atoms. The smallest absolute Gasteiger partial charge is 0.272 e. The minimum atomic E-state index is -0.474. The van der Waals surface area contributed by atoms with Crippen LogP contribution in [0.15, 0.2) is 18.2 Å². The zero-order valence-corrected chi connectivity index (χ0v) is 13.5. The number of nitrogens with zero attached hydrogens (tertiary/aromatic N) is 2. The molecule has 1 aromatic rings. The molecule has 1 N–H and O–H groups in total.